The molecule has 0 spiro atoms. The number of para-hydroxylation sites is 3. The molecule has 0 saturated carbocycles. The lowest BCUT2D eigenvalue weighted by Gasteiger charge is -2.16. The molecule has 0 N–H and O–H groups in total. The van der Waals surface area contributed by atoms with Crippen LogP contribution in [0.5, 0.6) is 0 Å². The topological polar surface area (TPSA) is 56.7 Å². The fourth-order valence-electron chi connectivity index (χ4n) is 5.95. The van der Waals surface area contributed by atoms with Crippen LogP contribution in [0, 0.1) is 0 Å². The second-order valence-electron chi connectivity index (χ2n) is 11.6. The van der Waals surface area contributed by atoms with Gasteiger partial charge in [0, 0.05) is 43.8 Å². The van der Waals surface area contributed by atoms with Crippen LogP contribution in [-0.4, -0.2) is 19.5 Å². The molecule has 56 heavy (non-hydrogen) atoms. The third-order valence-corrected chi connectivity index (χ3v) is 8.37. The van der Waals surface area contributed by atoms with Crippen molar-refractivity contribution in [3.63, 3.8) is 0 Å². The summed E-state index contributed by atoms with van der Waals surface area (Å²) in [5.41, 5.74) is -10.3. The first kappa shape index (κ1) is 13.3. The van der Waals surface area contributed by atoms with Gasteiger partial charge in [0.05, 0.1) is 60.6 Å². The lowest BCUT2D eigenvalue weighted by Crippen LogP contribution is -2.00. The molecule has 0 fully saturated rings. The smallest absolute Gasteiger partial charge is 0.164 e. The van der Waals surface area contributed by atoms with E-state index in [9.17, 15) is 15.1 Å². The number of furan rings is 1. The van der Waals surface area contributed by atoms with Crippen LogP contribution >= 0.6 is 0 Å². The van der Waals surface area contributed by atoms with Crippen LogP contribution in [0.1, 0.15) is 43.9 Å². The fraction of sp³-hybridized carbons (Fsp3) is 0. The summed E-state index contributed by atoms with van der Waals surface area (Å²) in [7, 11) is 0. The molecule has 3 heterocycles. The molecule has 8 aromatic carbocycles. The predicted molar refractivity (Wildman–Crippen MR) is 229 cm³/mol. The van der Waals surface area contributed by atoms with Gasteiger partial charge >= 0.3 is 0 Å². The van der Waals surface area contributed by atoms with Crippen LogP contribution in [0.4, 0.5) is 0 Å². The summed E-state index contributed by atoms with van der Waals surface area (Å²) in [4.78, 5) is 13.0. The summed E-state index contributed by atoms with van der Waals surface area (Å²) in [5.74, 6) is -2.85. The van der Waals surface area contributed by atoms with Gasteiger partial charge in [-0.05, 0) is 59.0 Å². The Hall–Kier alpha value is -7.63. The lowest BCUT2D eigenvalue weighted by molar-refractivity contribution is 0.669. The number of aromatic nitrogens is 4. The van der Waals surface area contributed by atoms with E-state index in [0.29, 0.717) is 4.57 Å². The van der Waals surface area contributed by atoms with Gasteiger partial charge in [0.25, 0.3) is 0 Å². The van der Waals surface area contributed by atoms with Crippen LogP contribution in [-0.2, 0) is 0 Å². The van der Waals surface area contributed by atoms with E-state index in [4.69, 9.17) is 33.2 Å². The van der Waals surface area contributed by atoms with Gasteiger partial charge in [0.1, 0.15) is 11.2 Å². The number of hydrogen-bond acceptors (Lipinski definition) is 4. The molecular weight excluding hydrogens is 685 g/mol. The monoisotopic (exact) mass is 748 g/mol. The highest BCUT2D eigenvalue weighted by Gasteiger charge is 2.18. The molecule has 5 heteroatoms. The molecule has 5 nitrogen and oxygen atoms in total. The molecule has 11 rings (SSSR count). The van der Waals surface area contributed by atoms with Crippen molar-refractivity contribution in [3.8, 4) is 62.1 Å². The standard InChI is InChI=1S/C51H32N4O/c1-3-14-33(15-4-1)39-28-26-36(31-46(39)55-44-23-10-7-20-40(44)41-21-8-11-24-45(41)55)35-18-13-19-37(30-35)50-52-49(34-16-5-2-6-17-34)53-51(54-50)38-27-29-43-42-22-9-12-25-47(42)56-48(43)32-38/h1-32H/i1D,2D,3D,4D,5D,6D,7D,8D,9D,10D,11D,12D,13D,14D,15D,16D,17D,18D,19D,20D,21D,22D,23D,24D,25D,26D,27D,28D,29D,30D,31D,32D. The number of fused-ring (bicyclic) bond motifs is 6. The molecule has 262 valence electrons. The lowest BCUT2D eigenvalue weighted by atomic mass is 9.97. The van der Waals surface area contributed by atoms with Crippen molar-refractivity contribution in [1.29, 1.82) is 0 Å². The van der Waals surface area contributed by atoms with E-state index < -0.39 is 299 Å². The minimum Gasteiger partial charge on any atom is -0.456 e. The maximum Gasteiger partial charge on any atom is 0.164 e. The second-order valence-corrected chi connectivity index (χ2v) is 11.6. The number of rotatable bonds is 6. The zero-order valence-electron chi connectivity index (χ0n) is 59.7. The average molecular weight is 749 g/mol. The molecule has 0 aliphatic rings. The van der Waals surface area contributed by atoms with E-state index in [1.54, 1.807) is 0 Å². The van der Waals surface area contributed by atoms with Crippen molar-refractivity contribution in [1.82, 2.24) is 19.5 Å². The van der Waals surface area contributed by atoms with E-state index in [2.05, 4.69) is 15.0 Å². The Balaban J connectivity index is 1.33. The van der Waals surface area contributed by atoms with Crippen molar-refractivity contribution in [2.75, 3.05) is 0 Å². The quantitative estimate of drug-likeness (QED) is 0.170. The van der Waals surface area contributed by atoms with E-state index >= 15 is 0 Å². The van der Waals surface area contributed by atoms with Crippen LogP contribution < -0.4 is 0 Å². The highest BCUT2D eigenvalue weighted by atomic mass is 16.3. The molecule has 0 aliphatic heterocycles. The van der Waals surface area contributed by atoms with Crippen molar-refractivity contribution in [3.05, 3.63) is 193 Å². The van der Waals surface area contributed by atoms with Crippen molar-refractivity contribution < 1.29 is 48.3 Å². The zero-order valence-corrected chi connectivity index (χ0v) is 27.7. The minimum absolute atomic E-state index is 0.394. The highest BCUT2D eigenvalue weighted by molar-refractivity contribution is 6.10. The van der Waals surface area contributed by atoms with Crippen molar-refractivity contribution >= 4 is 43.7 Å². The highest BCUT2D eigenvalue weighted by Crippen LogP contribution is 2.39. The van der Waals surface area contributed by atoms with E-state index in [1.807, 2.05) is 0 Å². The van der Waals surface area contributed by atoms with E-state index in [0.717, 1.165) is 0 Å². The summed E-state index contributed by atoms with van der Waals surface area (Å²) < 4.78 is 293. The Morgan fingerprint density at radius 3 is 1.57 bits per heavy atom. The maximum absolute atomic E-state index is 10.2. The number of nitrogens with zero attached hydrogens (tertiary/aromatic N) is 4. The first-order valence-corrected chi connectivity index (χ1v) is 16.2. The molecule has 0 amide bonds. The van der Waals surface area contributed by atoms with Gasteiger partial charge in [-0.1, -0.05) is 151 Å². The Morgan fingerprint density at radius 1 is 0.357 bits per heavy atom. The normalized spacial score (nSPS) is 19.6. The van der Waals surface area contributed by atoms with Crippen molar-refractivity contribution in [2.45, 2.75) is 0 Å². The SMILES string of the molecule is [2H]c1c([2H])c([2H])c(-c2nc(-c3c([2H])c([2H])c([2H])c(-c4c([2H])c([2H])c(-c5c([2H])c([2H])c([2H])c([2H])c5[2H])c(-n5c6c([2H])c([2H])c([2H])c([2H])c6c6c([2H])c([2H])c([2H])c([2H])c65)c4[2H])c3[2H])nc(-c3c([2H])c([2H])c4c(oc5c([2H])c([2H])c([2H])c([2H])c54)c3[2H])n2)c([2H])c1[2H]. The zero-order chi connectivity index (χ0) is 64.9. The van der Waals surface area contributed by atoms with Gasteiger partial charge in [0.15, 0.2) is 17.5 Å². The molecule has 0 atom stereocenters. The third-order valence-electron chi connectivity index (χ3n) is 8.37. The number of hydrogen-bond donors (Lipinski definition) is 0. The van der Waals surface area contributed by atoms with Crippen LogP contribution in [0.3, 0.4) is 0 Å². The first-order chi connectivity index (χ1) is 41.1. The summed E-state index contributed by atoms with van der Waals surface area (Å²) in [5, 5.41) is -2.07. The van der Waals surface area contributed by atoms with Gasteiger partial charge in [0.2, 0.25) is 0 Å². The van der Waals surface area contributed by atoms with Gasteiger partial charge in [-0.2, -0.15) is 0 Å². The first-order valence-electron chi connectivity index (χ1n) is 32.2. The van der Waals surface area contributed by atoms with E-state index in [1.165, 1.54) is 0 Å². The predicted octanol–water partition coefficient (Wildman–Crippen LogP) is 13.2. The second kappa shape index (κ2) is 13.0. The van der Waals surface area contributed by atoms with Gasteiger partial charge in [-0.3, -0.25) is 0 Å². The Bertz CT molecular complexity index is 5000. The van der Waals surface area contributed by atoms with Crippen LogP contribution in [0.2, 0.25) is 0 Å². The molecule has 0 unspecified atom stereocenters. The summed E-state index contributed by atoms with van der Waals surface area (Å²) in [6.45, 7) is 0. The molecular formula is C51H32N4O. The molecule has 0 saturated heterocycles. The van der Waals surface area contributed by atoms with E-state index in [-0.39, 0.29) is 0 Å². The molecule has 0 radical (unpaired) electrons. The van der Waals surface area contributed by atoms with Gasteiger partial charge in [-0.15, -0.1) is 0 Å². The fourth-order valence-corrected chi connectivity index (χ4v) is 5.95. The number of benzene rings is 8. The van der Waals surface area contributed by atoms with Gasteiger partial charge < -0.3 is 8.98 Å². The summed E-state index contributed by atoms with van der Waals surface area (Å²) >= 11 is 0. The van der Waals surface area contributed by atoms with Crippen LogP contribution in [0.25, 0.3) is 106 Å². The van der Waals surface area contributed by atoms with Crippen molar-refractivity contribution in [2.24, 2.45) is 0 Å². The molecule has 0 aliphatic carbocycles. The largest absolute Gasteiger partial charge is 0.456 e. The summed E-state index contributed by atoms with van der Waals surface area (Å²) in [6, 6.07) is -31.6. The average Bonchev–Trinajstić information content (AvgIpc) is 1.50. The van der Waals surface area contributed by atoms with Crippen LogP contribution in [0.15, 0.2) is 198 Å². The minimum atomic E-state index is -1.25. The Labute approximate surface area is 367 Å². The molecule has 0 bridgehead atoms. The summed E-state index contributed by atoms with van der Waals surface area (Å²) in [6.07, 6.45) is 0. The maximum atomic E-state index is 10.2. The Morgan fingerprint density at radius 2 is 0.857 bits per heavy atom. The molecule has 11 aromatic rings. The molecule has 3 aromatic heterocycles. The van der Waals surface area contributed by atoms with Gasteiger partial charge in [-0.25, -0.2) is 15.0 Å². The Kier molecular flexibility index (Phi) is 3.10. The third kappa shape index (κ3) is 5.37.